The lowest BCUT2D eigenvalue weighted by molar-refractivity contribution is 0.590. The van der Waals surface area contributed by atoms with E-state index in [-0.39, 0.29) is 16.2 Å². The van der Waals surface area contributed by atoms with Gasteiger partial charge in [-0.2, -0.15) is 0 Å². The first-order valence-electron chi connectivity index (χ1n) is 41.1. The Balaban J connectivity index is 0.880. The lowest BCUT2D eigenvalue weighted by Crippen LogP contribution is -2.28. The van der Waals surface area contributed by atoms with E-state index in [0.29, 0.717) is 0 Å². The van der Waals surface area contributed by atoms with Gasteiger partial charge in [0, 0.05) is 45.0 Å². The van der Waals surface area contributed by atoms with Crippen LogP contribution in [0, 0.1) is 0 Å². The van der Waals surface area contributed by atoms with Crippen molar-refractivity contribution in [1.29, 1.82) is 0 Å². The molecular weight excluding hydrogens is 1400 g/mol. The average molecular weight is 1480 g/mol. The van der Waals surface area contributed by atoms with Crippen LogP contribution >= 0.6 is 0 Å². The minimum absolute atomic E-state index is 0.0585. The molecule has 22 rings (SSSR count). The maximum Gasteiger partial charge on any atom is 0.0713 e. The maximum absolute atomic E-state index is 2.60. The topological polar surface area (TPSA) is 6.48 Å². The van der Waals surface area contributed by atoms with Crippen LogP contribution in [0.1, 0.15) is 121 Å². The summed E-state index contributed by atoms with van der Waals surface area (Å²) in [6.45, 7) is 16.5. The number of hydrogen-bond donors (Lipinski definition) is 0. The second-order valence-corrected chi connectivity index (χ2v) is 34.6. The van der Waals surface area contributed by atoms with E-state index in [4.69, 9.17) is 0 Å². The van der Waals surface area contributed by atoms with Crippen molar-refractivity contribution in [3.63, 3.8) is 0 Å². The van der Waals surface area contributed by atoms with Crippen molar-refractivity contribution in [2.24, 2.45) is 0 Å². The van der Waals surface area contributed by atoms with Gasteiger partial charge in [-0.3, -0.25) is 0 Å². The van der Waals surface area contributed by atoms with Gasteiger partial charge in [0.1, 0.15) is 0 Å². The van der Waals surface area contributed by atoms with Crippen LogP contribution in [0.3, 0.4) is 0 Å². The van der Waals surface area contributed by atoms with Gasteiger partial charge in [-0.1, -0.05) is 358 Å². The van der Waals surface area contributed by atoms with Gasteiger partial charge in [0.25, 0.3) is 0 Å². The van der Waals surface area contributed by atoms with Gasteiger partial charge >= 0.3 is 0 Å². The minimum Gasteiger partial charge on any atom is -0.310 e. The van der Waals surface area contributed by atoms with Gasteiger partial charge in [-0.15, -0.1) is 0 Å². The number of fused-ring (bicyclic) bond motifs is 15. The largest absolute Gasteiger partial charge is 0.310 e. The zero-order valence-electron chi connectivity index (χ0n) is 66.4. The second kappa shape index (κ2) is 25.9. The summed E-state index contributed by atoms with van der Waals surface area (Å²) in [5.74, 6) is 0. The summed E-state index contributed by atoms with van der Waals surface area (Å²) in [5, 5.41) is 6.98. The maximum atomic E-state index is 2.60. The highest BCUT2D eigenvalue weighted by atomic mass is 15.1. The van der Waals surface area contributed by atoms with Crippen LogP contribution in [0.15, 0.2) is 394 Å². The molecule has 0 unspecified atom stereocenters. The Morgan fingerprint density at radius 3 is 0.931 bits per heavy atom. The molecule has 0 heterocycles. The summed E-state index contributed by atoms with van der Waals surface area (Å²) in [7, 11) is 0. The van der Waals surface area contributed by atoms with Crippen LogP contribution in [0.25, 0.3) is 99.1 Å². The Morgan fingerprint density at radius 1 is 0.207 bits per heavy atom. The number of benzene rings is 18. The summed E-state index contributed by atoms with van der Waals surface area (Å²) in [6, 6.07) is 151. The van der Waals surface area contributed by atoms with Crippen molar-refractivity contribution in [3.05, 3.63) is 467 Å². The van der Waals surface area contributed by atoms with Crippen molar-refractivity contribution in [3.8, 4) is 66.8 Å². The van der Waals surface area contributed by atoms with E-state index in [1.54, 1.807) is 0 Å². The molecule has 4 aliphatic carbocycles. The van der Waals surface area contributed by atoms with Crippen molar-refractivity contribution >= 4 is 66.4 Å². The Morgan fingerprint density at radius 2 is 0.509 bits per heavy atom. The lowest BCUT2D eigenvalue weighted by Gasteiger charge is -2.34. The van der Waals surface area contributed by atoms with Gasteiger partial charge in [-0.25, -0.2) is 0 Å². The standard InChI is InChI=1S/C114H86N2/c1-110(2,3)77-51-54-82(55-52-77)115(86-56-62-92-88-40-22-26-44-100(88)111(4,5)104(92)71-86)84-58-64-96-98(69-84)108(75-49-60-94-90-42-24-28-46-102(90)113(106(94)67-75,78-32-12-8-13-33-78)79-34-14-9-15-35-79)97-65-59-85(116(83-53-48-73-30-20-21-31-74(73)66-83)87-57-63-93-89-41-23-27-45-101(89)112(6,7)105(93)72-87)70-99(97)109(96)76-50-61-95-91-43-25-29-47-103(91)114(107(95)68-76,80-36-16-10-17-37-80)81-38-18-11-19-39-81/h8-72H,1-7H3. The third kappa shape index (κ3) is 10.2. The van der Waals surface area contributed by atoms with Gasteiger partial charge < -0.3 is 9.80 Å². The van der Waals surface area contributed by atoms with E-state index in [1.807, 2.05) is 0 Å². The Bertz CT molecular complexity index is 6960. The van der Waals surface area contributed by atoms with Gasteiger partial charge in [0.15, 0.2) is 0 Å². The van der Waals surface area contributed by atoms with Crippen LogP contribution in [-0.2, 0) is 27.1 Å². The van der Waals surface area contributed by atoms with E-state index in [1.165, 1.54) is 139 Å². The van der Waals surface area contributed by atoms with E-state index in [2.05, 4.69) is 453 Å². The lowest BCUT2D eigenvalue weighted by atomic mass is 9.67. The van der Waals surface area contributed by atoms with E-state index in [0.717, 1.165) is 66.8 Å². The zero-order chi connectivity index (χ0) is 78.0. The summed E-state index contributed by atoms with van der Waals surface area (Å²) >= 11 is 0. The predicted octanol–water partition coefficient (Wildman–Crippen LogP) is 30.1. The van der Waals surface area contributed by atoms with Crippen LogP contribution in [0.2, 0.25) is 0 Å². The van der Waals surface area contributed by atoms with Gasteiger partial charge in [-0.05, 0) is 262 Å². The first-order valence-corrected chi connectivity index (χ1v) is 41.1. The van der Waals surface area contributed by atoms with Crippen LogP contribution < -0.4 is 9.80 Å². The summed E-state index contributed by atoms with van der Waals surface area (Å²) in [6.07, 6.45) is 0. The summed E-state index contributed by atoms with van der Waals surface area (Å²) < 4.78 is 0. The molecule has 0 amide bonds. The molecular formula is C114H86N2. The number of nitrogens with zero attached hydrogens (tertiary/aromatic N) is 2. The number of rotatable bonds is 12. The number of anilines is 6. The average Bonchev–Trinajstić information content (AvgIpc) is 1.49. The molecule has 18 aromatic rings. The van der Waals surface area contributed by atoms with Gasteiger partial charge in [0.05, 0.1) is 10.8 Å². The highest BCUT2D eigenvalue weighted by Gasteiger charge is 2.49. The highest BCUT2D eigenvalue weighted by Crippen LogP contribution is 2.62. The van der Waals surface area contributed by atoms with Gasteiger partial charge in [0.2, 0.25) is 0 Å². The van der Waals surface area contributed by atoms with Crippen LogP contribution in [0.5, 0.6) is 0 Å². The molecule has 0 fully saturated rings. The summed E-state index contributed by atoms with van der Waals surface area (Å²) in [5.41, 5.74) is 36.1. The molecule has 116 heavy (non-hydrogen) atoms. The molecule has 0 atom stereocenters. The first-order chi connectivity index (χ1) is 56.7. The first kappa shape index (κ1) is 69.1. The van der Waals surface area contributed by atoms with Crippen LogP contribution in [-0.4, -0.2) is 0 Å². The molecule has 0 radical (unpaired) electrons. The fourth-order valence-electron chi connectivity index (χ4n) is 21.3. The third-order valence-corrected chi connectivity index (χ3v) is 26.7. The molecule has 0 spiro atoms. The third-order valence-electron chi connectivity index (χ3n) is 26.7. The fraction of sp³-hybridized carbons (Fsp3) is 0.105. The molecule has 18 aromatic carbocycles. The highest BCUT2D eigenvalue weighted by molar-refractivity contribution is 6.23. The normalized spacial score (nSPS) is 14.4. The van der Waals surface area contributed by atoms with Crippen molar-refractivity contribution in [1.82, 2.24) is 0 Å². The molecule has 0 saturated heterocycles. The quantitative estimate of drug-likeness (QED) is 0.113. The molecule has 0 saturated carbocycles. The molecule has 552 valence electrons. The Kier molecular flexibility index (Phi) is 15.4. The zero-order valence-corrected chi connectivity index (χ0v) is 66.4. The molecule has 4 aliphatic rings. The van der Waals surface area contributed by atoms with Crippen LogP contribution in [0.4, 0.5) is 34.1 Å². The molecule has 0 bridgehead atoms. The smallest absolute Gasteiger partial charge is 0.0713 e. The minimum atomic E-state index is -0.664. The Hall–Kier alpha value is -13.7. The van der Waals surface area contributed by atoms with Crippen molar-refractivity contribution in [2.75, 3.05) is 9.80 Å². The Labute approximate surface area is 680 Å². The van der Waals surface area contributed by atoms with E-state index in [9.17, 15) is 0 Å². The van der Waals surface area contributed by atoms with Crippen molar-refractivity contribution < 1.29 is 0 Å². The molecule has 2 nitrogen and oxygen atoms in total. The molecule has 0 N–H and O–H groups in total. The van der Waals surface area contributed by atoms with Crippen molar-refractivity contribution in [2.45, 2.75) is 75.5 Å². The number of hydrogen-bond acceptors (Lipinski definition) is 2. The predicted molar refractivity (Wildman–Crippen MR) is 488 cm³/mol. The molecule has 2 heteroatoms. The second-order valence-electron chi connectivity index (χ2n) is 34.6. The molecule has 0 aromatic heterocycles. The summed E-state index contributed by atoms with van der Waals surface area (Å²) in [4.78, 5) is 5.08. The van der Waals surface area contributed by atoms with E-state index < -0.39 is 10.8 Å². The van der Waals surface area contributed by atoms with E-state index >= 15 is 0 Å². The SMILES string of the molecule is CC(C)(C)c1ccc(N(c2ccc3c(c2)C(C)(C)c2ccccc2-3)c2ccc3c(-c4ccc5c(c4)C(c4ccccc4)(c4ccccc4)c4ccccc4-5)c4cc(N(c5ccc6c(c5)C(C)(C)c5ccccc5-6)c5ccc6ccccc6c5)ccc4c(-c4ccc5c(c4)C(c4ccccc4)(c4ccccc4)c4ccccc4-5)c3c2)cc1. The monoisotopic (exact) mass is 1480 g/mol. The fourth-order valence-corrected chi connectivity index (χ4v) is 21.3. The molecule has 0 aliphatic heterocycles.